The molecule has 1 aromatic heterocycles. The first-order valence-corrected chi connectivity index (χ1v) is 12.0. The molecule has 3 unspecified atom stereocenters. The average Bonchev–Trinajstić information content (AvgIpc) is 2.77. The van der Waals surface area contributed by atoms with Crippen LogP contribution in [0.2, 0.25) is 0 Å². The van der Waals surface area contributed by atoms with Gasteiger partial charge >= 0.3 is 0 Å². The molecule has 30 heavy (non-hydrogen) atoms. The molecular weight excluding hydrogens is 370 g/mol. The molecule has 2 aliphatic rings. The molecule has 0 N–H and O–H groups in total. The summed E-state index contributed by atoms with van der Waals surface area (Å²) in [5, 5.41) is 0.990. The predicted octanol–water partition coefficient (Wildman–Crippen LogP) is 6.79. The summed E-state index contributed by atoms with van der Waals surface area (Å²) in [5.41, 5.74) is 1.56. The number of pyridine rings is 1. The van der Waals surface area contributed by atoms with Crippen molar-refractivity contribution < 1.29 is 9.59 Å². The zero-order valence-corrected chi connectivity index (χ0v) is 18.3. The van der Waals surface area contributed by atoms with E-state index in [1.54, 1.807) is 6.20 Å². The second-order valence-electron chi connectivity index (χ2n) is 9.64. The summed E-state index contributed by atoms with van der Waals surface area (Å²) in [6.45, 7) is 1.96. The van der Waals surface area contributed by atoms with Crippen LogP contribution in [0, 0.1) is 23.7 Å². The molecule has 0 amide bonds. The van der Waals surface area contributed by atoms with Crippen molar-refractivity contribution in [2.45, 2.75) is 77.6 Å². The number of hydrogen-bond donors (Lipinski definition) is 0. The fraction of sp³-hybridized carbons (Fsp3) is 0.593. The number of fused-ring (bicyclic) bond motifs is 2. The van der Waals surface area contributed by atoms with E-state index < -0.39 is 0 Å². The summed E-state index contributed by atoms with van der Waals surface area (Å²) in [7, 11) is 0. The lowest BCUT2D eigenvalue weighted by molar-refractivity contribution is -0.126. The number of nitrogens with zero attached hydrogens (tertiary/aromatic N) is 1. The summed E-state index contributed by atoms with van der Waals surface area (Å²) in [4.78, 5) is 30.6. The van der Waals surface area contributed by atoms with Crippen LogP contribution in [0.25, 0.3) is 10.9 Å². The van der Waals surface area contributed by atoms with E-state index in [-0.39, 0.29) is 17.6 Å². The molecule has 3 nitrogen and oxygen atoms in total. The first kappa shape index (κ1) is 21.2. The highest BCUT2D eigenvalue weighted by Gasteiger charge is 2.36. The van der Waals surface area contributed by atoms with Crippen molar-refractivity contribution in [1.82, 2.24) is 4.98 Å². The highest BCUT2D eigenvalue weighted by molar-refractivity contribution is 6.00. The van der Waals surface area contributed by atoms with Crippen molar-refractivity contribution in [3.63, 3.8) is 0 Å². The van der Waals surface area contributed by atoms with Gasteiger partial charge < -0.3 is 0 Å². The van der Waals surface area contributed by atoms with Gasteiger partial charge in [-0.25, -0.2) is 0 Å². The Morgan fingerprint density at radius 3 is 2.60 bits per heavy atom. The van der Waals surface area contributed by atoms with E-state index in [1.165, 1.54) is 51.4 Å². The number of rotatable bonds is 6. The Morgan fingerprint density at radius 1 is 1.00 bits per heavy atom. The van der Waals surface area contributed by atoms with Crippen LogP contribution in [-0.2, 0) is 4.79 Å². The summed E-state index contributed by atoms with van der Waals surface area (Å²) in [5.74, 6) is 1.98. The Morgan fingerprint density at radius 2 is 1.73 bits per heavy atom. The maximum Gasteiger partial charge on any atom is 0.167 e. The van der Waals surface area contributed by atoms with E-state index in [4.69, 9.17) is 0 Å². The van der Waals surface area contributed by atoms with E-state index in [1.807, 2.05) is 37.3 Å². The molecule has 2 aromatic rings. The largest absolute Gasteiger partial charge is 0.299 e. The molecule has 160 valence electrons. The quantitative estimate of drug-likeness (QED) is 0.497. The van der Waals surface area contributed by atoms with Crippen LogP contribution in [-0.4, -0.2) is 16.6 Å². The molecule has 0 saturated heterocycles. The second kappa shape index (κ2) is 9.85. The third kappa shape index (κ3) is 4.82. The first-order chi connectivity index (χ1) is 14.6. The molecule has 4 atom stereocenters. The Kier molecular flexibility index (Phi) is 6.97. The highest BCUT2D eigenvalue weighted by atomic mass is 16.1. The molecule has 0 aliphatic heterocycles. The van der Waals surface area contributed by atoms with Crippen molar-refractivity contribution in [3.8, 4) is 0 Å². The lowest BCUT2D eigenvalue weighted by Gasteiger charge is -2.38. The smallest absolute Gasteiger partial charge is 0.167 e. The molecule has 4 rings (SSSR count). The molecule has 2 aliphatic carbocycles. The number of carbonyl (C=O) groups is 2. The Labute approximate surface area is 180 Å². The van der Waals surface area contributed by atoms with Crippen LogP contribution >= 0.6 is 0 Å². The minimum atomic E-state index is -0.146. The van der Waals surface area contributed by atoms with Gasteiger partial charge in [0.05, 0.1) is 5.52 Å². The third-order valence-corrected chi connectivity index (χ3v) is 7.63. The monoisotopic (exact) mass is 405 g/mol. The van der Waals surface area contributed by atoms with Gasteiger partial charge in [-0.15, -0.1) is 0 Å². The molecule has 2 fully saturated rings. The van der Waals surface area contributed by atoms with Crippen LogP contribution in [0.15, 0.2) is 36.5 Å². The summed E-state index contributed by atoms with van der Waals surface area (Å²) >= 11 is 0. The SMILES string of the molecule is C[C@H](CCC(=O)C1CCCCCC2CCCCC21)C(=O)c1cnc2ccccc2c1. The minimum Gasteiger partial charge on any atom is -0.299 e. The average molecular weight is 406 g/mol. The molecule has 3 heteroatoms. The number of Topliss-reactive ketones (excluding diaryl/α,β-unsaturated/α-hetero) is 2. The Hall–Kier alpha value is -2.03. The van der Waals surface area contributed by atoms with Crippen LogP contribution < -0.4 is 0 Å². The van der Waals surface area contributed by atoms with Crippen LogP contribution in [0.4, 0.5) is 0 Å². The van der Waals surface area contributed by atoms with E-state index in [2.05, 4.69) is 4.98 Å². The van der Waals surface area contributed by atoms with Gasteiger partial charge in [0.15, 0.2) is 5.78 Å². The molecule has 0 spiro atoms. The maximum absolute atomic E-state index is 13.2. The van der Waals surface area contributed by atoms with Gasteiger partial charge in [0, 0.05) is 35.4 Å². The number of hydrogen-bond acceptors (Lipinski definition) is 3. The van der Waals surface area contributed by atoms with Gasteiger partial charge in [-0.1, -0.05) is 70.1 Å². The lowest BCUT2D eigenvalue weighted by Crippen LogP contribution is -2.33. The normalized spacial score (nSPS) is 25.7. The van der Waals surface area contributed by atoms with E-state index in [9.17, 15) is 9.59 Å². The third-order valence-electron chi connectivity index (χ3n) is 7.63. The second-order valence-corrected chi connectivity index (χ2v) is 9.64. The topological polar surface area (TPSA) is 47.0 Å². The maximum atomic E-state index is 13.2. The number of ketones is 2. The highest BCUT2D eigenvalue weighted by Crippen LogP contribution is 2.42. The number of carbonyl (C=O) groups excluding carboxylic acids is 2. The lowest BCUT2D eigenvalue weighted by atomic mass is 9.66. The molecular formula is C27H35NO2. The summed E-state index contributed by atoms with van der Waals surface area (Å²) in [6, 6.07) is 9.80. The zero-order chi connectivity index (χ0) is 20.9. The van der Waals surface area contributed by atoms with Crippen molar-refractivity contribution in [1.29, 1.82) is 0 Å². The number of para-hydroxylation sites is 1. The van der Waals surface area contributed by atoms with Gasteiger partial charge in [-0.05, 0) is 43.2 Å². The first-order valence-electron chi connectivity index (χ1n) is 12.0. The number of aromatic nitrogens is 1. The van der Waals surface area contributed by atoms with Gasteiger partial charge in [-0.3, -0.25) is 14.6 Å². The Bertz CT molecular complexity index is 889. The van der Waals surface area contributed by atoms with Crippen molar-refractivity contribution in [2.24, 2.45) is 23.7 Å². The number of benzene rings is 1. The fourth-order valence-corrected chi connectivity index (χ4v) is 5.85. The van der Waals surface area contributed by atoms with E-state index in [0.29, 0.717) is 30.1 Å². The molecule has 0 radical (unpaired) electrons. The standard InChI is InChI=1S/C27H35NO2/c1-19(27(30)22-17-21-11-6-8-14-25(21)28-18-22)15-16-26(29)24-13-4-2-3-9-20-10-5-7-12-23(20)24/h6,8,11,14,17-20,23-24H,2-5,7,9-10,12-13,15-16H2,1H3/t19-,20?,23?,24?/m1/s1. The fourth-order valence-electron chi connectivity index (χ4n) is 5.85. The Balaban J connectivity index is 1.38. The summed E-state index contributed by atoms with van der Waals surface area (Å²) in [6.07, 6.45) is 14.2. The van der Waals surface area contributed by atoms with E-state index >= 15 is 0 Å². The van der Waals surface area contributed by atoms with Crippen LogP contribution in [0.1, 0.15) is 87.9 Å². The van der Waals surface area contributed by atoms with Gasteiger partial charge in [0.1, 0.15) is 5.78 Å². The summed E-state index contributed by atoms with van der Waals surface area (Å²) < 4.78 is 0. The molecule has 1 heterocycles. The minimum absolute atomic E-state index is 0.106. The van der Waals surface area contributed by atoms with Gasteiger partial charge in [0.2, 0.25) is 0 Å². The van der Waals surface area contributed by atoms with Crippen LogP contribution in [0.5, 0.6) is 0 Å². The molecule has 2 saturated carbocycles. The molecule has 0 bridgehead atoms. The predicted molar refractivity (Wildman–Crippen MR) is 122 cm³/mol. The zero-order valence-electron chi connectivity index (χ0n) is 18.3. The van der Waals surface area contributed by atoms with Crippen molar-refractivity contribution in [3.05, 3.63) is 42.1 Å². The van der Waals surface area contributed by atoms with Crippen molar-refractivity contribution >= 4 is 22.5 Å². The van der Waals surface area contributed by atoms with Crippen molar-refractivity contribution in [2.75, 3.05) is 0 Å². The van der Waals surface area contributed by atoms with E-state index in [0.717, 1.165) is 23.2 Å². The molecule has 1 aromatic carbocycles. The van der Waals surface area contributed by atoms with Gasteiger partial charge in [-0.2, -0.15) is 0 Å². The van der Waals surface area contributed by atoms with Gasteiger partial charge in [0.25, 0.3) is 0 Å². The van der Waals surface area contributed by atoms with Crippen LogP contribution in [0.3, 0.4) is 0 Å².